The monoisotopic (exact) mass is 297 g/mol. The molecule has 114 valence electrons. The van der Waals surface area contributed by atoms with Crippen LogP contribution < -0.4 is 4.74 Å². The van der Waals surface area contributed by atoms with Gasteiger partial charge < -0.3 is 4.74 Å². The van der Waals surface area contributed by atoms with E-state index in [2.05, 4.69) is 34.2 Å². The summed E-state index contributed by atoms with van der Waals surface area (Å²) in [4.78, 5) is 4.22. The molecule has 1 aromatic carbocycles. The van der Waals surface area contributed by atoms with E-state index in [-0.39, 0.29) is 0 Å². The second kappa shape index (κ2) is 6.89. The molecule has 6 heteroatoms. The zero-order chi connectivity index (χ0) is 15.2. The maximum atomic E-state index is 5.75. The number of rotatable bonds is 7. The fourth-order valence-corrected chi connectivity index (χ4v) is 2.22. The molecule has 0 aliphatic rings. The first-order valence-electron chi connectivity index (χ1n) is 7.41. The summed E-state index contributed by atoms with van der Waals surface area (Å²) in [7, 11) is 0. The molecule has 0 spiro atoms. The Morgan fingerprint density at radius 3 is 2.82 bits per heavy atom. The van der Waals surface area contributed by atoms with Gasteiger partial charge in [-0.25, -0.2) is 9.67 Å². The van der Waals surface area contributed by atoms with E-state index in [1.807, 2.05) is 33.8 Å². The standard InChI is InChI=1S/C16H19N5O/c1-2-8-21-16(17-13-19-21)12-22-15-9-18-20(11-15)10-14-6-4-3-5-7-14/h3-7,9,11,13H,2,8,10,12H2,1H3. The molecule has 3 rings (SSSR count). The van der Waals surface area contributed by atoms with Crippen LogP contribution in [0.1, 0.15) is 24.7 Å². The van der Waals surface area contributed by atoms with Gasteiger partial charge in [-0.1, -0.05) is 37.3 Å². The third-order valence-corrected chi connectivity index (χ3v) is 3.30. The zero-order valence-electron chi connectivity index (χ0n) is 12.6. The molecule has 0 aliphatic heterocycles. The van der Waals surface area contributed by atoms with Gasteiger partial charge in [0.1, 0.15) is 12.9 Å². The maximum Gasteiger partial charge on any atom is 0.164 e. The summed E-state index contributed by atoms with van der Waals surface area (Å²) in [5.74, 6) is 1.57. The molecule has 0 aliphatic carbocycles. The van der Waals surface area contributed by atoms with Crippen molar-refractivity contribution in [3.8, 4) is 5.75 Å². The second-order valence-corrected chi connectivity index (χ2v) is 5.05. The lowest BCUT2D eigenvalue weighted by molar-refractivity contribution is 0.286. The molecule has 0 atom stereocenters. The first-order valence-corrected chi connectivity index (χ1v) is 7.41. The molecule has 0 fully saturated rings. The quantitative estimate of drug-likeness (QED) is 0.672. The Kier molecular flexibility index (Phi) is 4.48. The average molecular weight is 297 g/mol. The molecule has 3 aromatic rings. The lowest BCUT2D eigenvalue weighted by Crippen LogP contribution is -2.08. The van der Waals surface area contributed by atoms with Gasteiger partial charge in [0.25, 0.3) is 0 Å². The number of benzene rings is 1. The minimum atomic E-state index is 0.400. The van der Waals surface area contributed by atoms with Gasteiger partial charge in [-0.15, -0.1) is 0 Å². The predicted molar refractivity (Wildman–Crippen MR) is 82.4 cm³/mol. The Hall–Kier alpha value is -2.63. The van der Waals surface area contributed by atoms with Crippen LogP contribution in [0, 0.1) is 0 Å². The number of ether oxygens (including phenoxy) is 1. The molecule has 0 radical (unpaired) electrons. The first kappa shape index (κ1) is 14.3. The molecule has 22 heavy (non-hydrogen) atoms. The van der Waals surface area contributed by atoms with E-state index in [0.29, 0.717) is 6.61 Å². The zero-order valence-corrected chi connectivity index (χ0v) is 12.6. The van der Waals surface area contributed by atoms with Gasteiger partial charge >= 0.3 is 0 Å². The molecule has 0 saturated carbocycles. The predicted octanol–water partition coefficient (Wildman–Crippen LogP) is 2.51. The van der Waals surface area contributed by atoms with Gasteiger partial charge in [-0.05, 0) is 12.0 Å². The van der Waals surface area contributed by atoms with E-state index in [9.17, 15) is 0 Å². The molecular formula is C16H19N5O. The van der Waals surface area contributed by atoms with Crippen molar-refractivity contribution in [1.82, 2.24) is 24.5 Å². The average Bonchev–Trinajstić information content (AvgIpc) is 3.16. The lowest BCUT2D eigenvalue weighted by atomic mass is 10.2. The van der Waals surface area contributed by atoms with Crippen LogP contribution in [0.4, 0.5) is 0 Å². The van der Waals surface area contributed by atoms with E-state index < -0.39 is 0 Å². The van der Waals surface area contributed by atoms with Crippen LogP contribution in [0.3, 0.4) is 0 Å². The summed E-state index contributed by atoms with van der Waals surface area (Å²) in [6, 6.07) is 10.2. The highest BCUT2D eigenvalue weighted by Gasteiger charge is 2.06. The highest BCUT2D eigenvalue weighted by Crippen LogP contribution is 2.12. The summed E-state index contributed by atoms with van der Waals surface area (Å²) >= 11 is 0. The van der Waals surface area contributed by atoms with Crippen molar-refractivity contribution in [2.75, 3.05) is 0 Å². The van der Waals surface area contributed by atoms with Crippen LogP contribution in [0.2, 0.25) is 0 Å². The van der Waals surface area contributed by atoms with Crippen LogP contribution >= 0.6 is 0 Å². The third-order valence-electron chi connectivity index (χ3n) is 3.30. The number of aromatic nitrogens is 5. The number of aryl methyl sites for hydroxylation is 1. The Bertz CT molecular complexity index is 704. The van der Waals surface area contributed by atoms with Crippen LogP contribution in [0.15, 0.2) is 49.1 Å². The lowest BCUT2D eigenvalue weighted by Gasteiger charge is -2.05. The van der Waals surface area contributed by atoms with E-state index in [1.165, 1.54) is 5.56 Å². The molecular weight excluding hydrogens is 278 g/mol. The molecule has 0 amide bonds. The Labute approximate surface area is 129 Å². The molecule has 0 N–H and O–H groups in total. The minimum Gasteiger partial charge on any atom is -0.482 e. The highest BCUT2D eigenvalue weighted by atomic mass is 16.5. The van der Waals surface area contributed by atoms with Gasteiger partial charge in [0.15, 0.2) is 11.6 Å². The summed E-state index contributed by atoms with van der Waals surface area (Å²) in [6.07, 6.45) is 6.20. The molecule has 0 unspecified atom stereocenters. The summed E-state index contributed by atoms with van der Waals surface area (Å²) in [5, 5.41) is 8.50. The van der Waals surface area contributed by atoms with Crippen molar-refractivity contribution in [3.63, 3.8) is 0 Å². The number of nitrogens with zero attached hydrogens (tertiary/aromatic N) is 5. The largest absolute Gasteiger partial charge is 0.482 e. The van der Waals surface area contributed by atoms with Crippen molar-refractivity contribution >= 4 is 0 Å². The van der Waals surface area contributed by atoms with Gasteiger partial charge in [-0.3, -0.25) is 4.68 Å². The molecule has 6 nitrogen and oxygen atoms in total. The van der Waals surface area contributed by atoms with Crippen molar-refractivity contribution < 1.29 is 4.74 Å². The maximum absolute atomic E-state index is 5.75. The van der Waals surface area contributed by atoms with Crippen LogP contribution in [0.25, 0.3) is 0 Å². The fourth-order valence-electron chi connectivity index (χ4n) is 2.22. The first-order chi connectivity index (χ1) is 10.8. The summed E-state index contributed by atoms with van der Waals surface area (Å²) < 4.78 is 9.48. The van der Waals surface area contributed by atoms with Crippen LogP contribution in [-0.2, 0) is 19.7 Å². The summed E-state index contributed by atoms with van der Waals surface area (Å²) in [6.45, 7) is 4.10. The van der Waals surface area contributed by atoms with Crippen molar-refractivity contribution in [2.24, 2.45) is 0 Å². The molecule has 0 saturated heterocycles. The number of hydrogen-bond donors (Lipinski definition) is 0. The van der Waals surface area contributed by atoms with Gasteiger partial charge in [0.2, 0.25) is 0 Å². The SMILES string of the molecule is CCCn1ncnc1COc1cnn(Cc2ccccc2)c1. The third kappa shape index (κ3) is 3.52. The topological polar surface area (TPSA) is 57.8 Å². The van der Waals surface area contributed by atoms with Crippen molar-refractivity contribution in [2.45, 2.75) is 33.0 Å². The molecule has 0 bridgehead atoms. The normalized spacial score (nSPS) is 10.8. The second-order valence-electron chi connectivity index (χ2n) is 5.05. The van der Waals surface area contributed by atoms with E-state index in [4.69, 9.17) is 4.74 Å². The Morgan fingerprint density at radius 2 is 2.00 bits per heavy atom. The van der Waals surface area contributed by atoms with E-state index in [1.54, 1.807) is 12.5 Å². The molecule has 2 aromatic heterocycles. The highest BCUT2D eigenvalue weighted by molar-refractivity contribution is 5.17. The van der Waals surface area contributed by atoms with Crippen molar-refractivity contribution in [1.29, 1.82) is 0 Å². The minimum absolute atomic E-state index is 0.400. The summed E-state index contributed by atoms with van der Waals surface area (Å²) in [5.41, 5.74) is 1.21. The fraction of sp³-hybridized carbons (Fsp3) is 0.312. The molecule has 2 heterocycles. The van der Waals surface area contributed by atoms with Gasteiger partial charge in [0.05, 0.1) is 18.9 Å². The number of hydrogen-bond acceptors (Lipinski definition) is 4. The smallest absolute Gasteiger partial charge is 0.164 e. The van der Waals surface area contributed by atoms with Gasteiger partial charge in [0, 0.05) is 6.54 Å². The van der Waals surface area contributed by atoms with E-state index >= 15 is 0 Å². The Balaban J connectivity index is 1.59. The van der Waals surface area contributed by atoms with Crippen LogP contribution in [-0.4, -0.2) is 24.5 Å². The van der Waals surface area contributed by atoms with Crippen LogP contribution in [0.5, 0.6) is 5.75 Å². The Morgan fingerprint density at radius 1 is 1.14 bits per heavy atom. The van der Waals surface area contributed by atoms with E-state index in [0.717, 1.165) is 31.1 Å². The van der Waals surface area contributed by atoms with Crippen molar-refractivity contribution in [3.05, 3.63) is 60.4 Å². The van der Waals surface area contributed by atoms with Gasteiger partial charge in [-0.2, -0.15) is 10.2 Å².